The first-order chi connectivity index (χ1) is 33.0. The van der Waals surface area contributed by atoms with Crippen molar-refractivity contribution in [2.24, 2.45) is 17.8 Å². The molecule has 0 atom stereocenters. The quantitative estimate of drug-likeness (QED) is 0.140. The van der Waals surface area contributed by atoms with Crippen molar-refractivity contribution in [3.05, 3.63) is 233 Å². The predicted molar refractivity (Wildman–Crippen MR) is 280 cm³/mol. The van der Waals surface area contributed by atoms with Crippen molar-refractivity contribution >= 4 is 17.1 Å². The van der Waals surface area contributed by atoms with Gasteiger partial charge in [0.05, 0.1) is 5.41 Å². The van der Waals surface area contributed by atoms with Crippen LogP contribution in [0, 0.1) is 24.7 Å². The molecule has 330 valence electrons. The number of nitrogens with zero attached hydrogens (tertiary/aromatic N) is 1. The molecule has 67 heavy (non-hydrogen) atoms. The van der Waals surface area contributed by atoms with Crippen molar-refractivity contribution in [3.63, 3.8) is 0 Å². The second-order valence-corrected chi connectivity index (χ2v) is 21.3. The van der Waals surface area contributed by atoms with Crippen LogP contribution in [0.15, 0.2) is 194 Å². The molecule has 6 aliphatic rings. The number of aryl methyl sites for hydroxylation is 1. The van der Waals surface area contributed by atoms with Crippen LogP contribution in [-0.4, -0.2) is 0 Å². The number of anilines is 3. The number of fused-ring (bicyclic) bond motifs is 3. The fourth-order valence-corrected chi connectivity index (χ4v) is 14.9. The van der Waals surface area contributed by atoms with Crippen LogP contribution >= 0.6 is 0 Å². The van der Waals surface area contributed by atoms with Gasteiger partial charge in [-0.2, -0.15) is 0 Å². The van der Waals surface area contributed by atoms with Gasteiger partial charge in [-0.05, 0) is 196 Å². The van der Waals surface area contributed by atoms with Crippen LogP contribution in [0.4, 0.5) is 17.1 Å². The first-order valence-corrected chi connectivity index (χ1v) is 25.6. The molecule has 4 bridgehead atoms. The first kappa shape index (κ1) is 40.8. The van der Waals surface area contributed by atoms with Gasteiger partial charge in [-0.1, -0.05) is 177 Å². The van der Waals surface area contributed by atoms with Gasteiger partial charge in [0.2, 0.25) is 0 Å². The summed E-state index contributed by atoms with van der Waals surface area (Å²) in [5.41, 5.74) is 20.8. The molecule has 8 aromatic rings. The molecule has 6 aliphatic carbocycles. The van der Waals surface area contributed by atoms with E-state index in [4.69, 9.17) is 0 Å². The van der Waals surface area contributed by atoms with Crippen LogP contribution in [-0.2, 0) is 10.8 Å². The third-order valence-electron chi connectivity index (χ3n) is 17.5. The van der Waals surface area contributed by atoms with Gasteiger partial charge in [0, 0.05) is 17.1 Å². The highest BCUT2D eigenvalue weighted by molar-refractivity contribution is 5.91. The summed E-state index contributed by atoms with van der Waals surface area (Å²) in [5.74, 6) is 3.46. The minimum atomic E-state index is -0.481. The van der Waals surface area contributed by atoms with Crippen molar-refractivity contribution in [3.8, 4) is 33.4 Å². The summed E-state index contributed by atoms with van der Waals surface area (Å²) in [6, 6.07) is 74.6. The van der Waals surface area contributed by atoms with Gasteiger partial charge in [-0.3, -0.25) is 0 Å². The largest absolute Gasteiger partial charge is 0.310 e. The fraction of sp³-hybridized carbons (Fsp3) is 0.273. The molecule has 0 aromatic heterocycles. The molecule has 0 saturated heterocycles. The van der Waals surface area contributed by atoms with E-state index in [1.54, 1.807) is 5.56 Å². The molecular formula is C66H61N. The van der Waals surface area contributed by atoms with Crippen LogP contribution in [0.5, 0.6) is 0 Å². The molecular weight excluding hydrogens is 807 g/mol. The fourth-order valence-electron chi connectivity index (χ4n) is 14.9. The lowest BCUT2D eigenvalue weighted by Crippen LogP contribution is -2.48. The lowest BCUT2D eigenvalue weighted by molar-refractivity contribution is -0.00518. The third kappa shape index (κ3) is 6.78. The van der Waals surface area contributed by atoms with Gasteiger partial charge in [-0.25, -0.2) is 0 Å². The molecule has 0 spiro atoms. The van der Waals surface area contributed by atoms with Gasteiger partial charge in [0.15, 0.2) is 0 Å². The Balaban J connectivity index is 0.939. The summed E-state index contributed by atoms with van der Waals surface area (Å²) in [7, 11) is 0. The Kier molecular flexibility index (Phi) is 9.99. The molecule has 0 N–H and O–H groups in total. The Morgan fingerprint density at radius 2 is 0.940 bits per heavy atom. The highest BCUT2D eigenvalue weighted by Crippen LogP contribution is 2.61. The summed E-state index contributed by atoms with van der Waals surface area (Å²) < 4.78 is 0. The molecule has 0 radical (unpaired) electrons. The zero-order chi connectivity index (χ0) is 44.5. The molecule has 0 heterocycles. The summed E-state index contributed by atoms with van der Waals surface area (Å²) in [6.45, 7) is 2.28. The molecule has 0 unspecified atom stereocenters. The summed E-state index contributed by atoms with van der Waals surface area (Å²) >= 11 is 0. The minimum absolute atomic E-state index is 0.353. The topological polar surface area (TPSA) is 3.24 Å². The Bertz CT molecular complexity index is 2990. The highest BCUT2D eigenvalue weighted by Gasteiger charge is 2.52. The Hall–Kier alpha value is -6.44. The van der Waals surface area contributed by atoms with Crippen LogP contribution in [0.25, 0.3) is 33.4 Å². The molecule has 1 nitrogen and oxygen atoms in total. The summed E-state index contributed by atoms with van der Waals surface area (Å²) in [4.78, 5) is 2.53. The van der Waals surface area contributed by atoms with Gasteiger partial charge in [0.25, 0.3) is 0 Å². The number of rotatable bonds is 9. The maximum atomic E-state index is 2.53. The van der Waals surface area contributed by atoms with Gasteiger partial charge in [0.1, 0.15) is 0 Å². The second-order valence-electron chi connectivity index (χ2n) is 21.3. The van der Waals surface area contributed by atoms with E-state index in [1.807, 2.05) is 0 Å². The van der Waals surface area contributed by atoms with Crippen molar-refractivity contribution < 1.29 is 0 Å². The van der Waals surface area contributed by atoms with E-state index in [9.17, 15) is 0 Å². The highest BCUT2D eigenvalue weighted by atomic mass is 15.1. The van der Waals surface area contributed by atoms with Crippen LogP contribution in [0.3, 0.4) is 0 Å². The molecule has 5 fully saturated rings. The standard InChI is InChI=1S/C66H61N/c1-45-14-13-23-62-64(45)61-37-36-58(41-63(61)66(62,54-17-7-3-8-18-54)55-19-9-4-10-20-55)67(57-34-30-53(31-35-57)65-42-46-38-47(43-65)40-48(39-46)44-65)56-32-28-52(29-33-56)60-22-12-11-21-59(60)51-26-24-50(25-27-51)49-15-5-2-6-16-49/h3-4,7-14,17-37,41,46-49H,2,5-6,15-16,38-40,42-44H2,1H3. The lowest BCUT2D eigenvalue weighted by atomic mass is 9.48. The normalized spacial score (nSPS) is 22.3. The SMILES string of the molecule is Cc1cccc2c1-c1ccc(N(c3ccc(-c4ccccc4-c4ccc(C5CCCCC5)cc4)cc3)c3ccc(C45CC6CC(CC(C6)C4)C5)cc3)cc1C2(c1ccccc1)c1ccccc1. The number of hydrogen-bond acceptors (Lipinski definition) is 1. The third-order valence-corrected chi connectivity index (χ3v) is 17.5. The monoisotopic (exact) mass is 867 g/mol. The van der Waals surface area contributed by atoms with Crippen LogP contribution in [0.1, 0.15) is 115 Å². The Labute approximate surface area is 398 Å². The van der Waals surface area contributed by atoms with E-state index >= 15 is 0 Å². The van der Waals surface area contributed by atoms with Crippen molar-refractivity contribution in [1.29, 1.82) is 0 Å². The van der Waals surface area contributed by atoms with E-state index in [0.717, 1.165) is 23.4 Å². The van der Waals surface area contributed by atoms with Crippen LogP contribution in [0.2, 0.25) is 0 Å². The van der Waals surface area contributed by atoms with E-state index in [1.165, 1.54) is 149 Å². The average Bonchev–Trinajstić information content (AvgIpc) is 3.69. The zero-order valence-corrected chi connectivity index (χ0v) is 39.0. The smallest absolute Gasteiger partial charge is 0.0714 e. The molecule has 0 aliphatic heterocycles. The molecule has 8 aromatic carbocycles. The predicted octanol–water partition coefficient (Wildman–Crippen LogP) is 17.7. The lowest BCUT2D eigenvalue weighted by Gasteiger charge is -2.57. The number of benzene rings is 8. The van der Waals surface area contributed by atoms with E-state index in [0.29, 0.717) is 11.3 Å². The first-order valence-electron chi connectivity index (χ1n) is 25.6. The Morgan fingerprint density at radius 1 is 0.418 bits per heavy atom. The Morgan fingerprint density at radius 3 is 1.52 bits per heavy atom. The maximum Gasteiger partial charge on any atom is 0.0714 e. The van der Waals surface area contributed by atoms with E-state index < -0.39 is 5.41 Å². The van der Waals surface area contributed by atoms with Crippen molar-refractivity contribution in [1.82, 2.24) is 0 Å². The molecule has 14 rings (SSSR count). The molecule has 0 amide bonds. The second kappa shape index (κ2) is 16.4. The molecule has 1 heteroatoms. The summed E-state index contributed by atoms with van der Waals surface area (Å²) in [5, 5.41) is 0. The summed E-state index contributed by atoms with van der Waals surface area (Å²) in [6.07, 6.45) is 15.3. The number of hydrogen-bond donors (Lipinski definition) is 0. The average molecular weight is 868 g/mol. The van der Waals surface area contributed by atoms with Gasteiger partial charge < -0.3 is 4.90 Å². The van der Waals surface area contributed by atoms with Gasteiger partial charge >= 0.3 is 0 Å². The van der Waals surface area contributed by atoms with Crippen LogP contribution < -0.4 is 4.90 Å². The zero-order valence-electron chi connectivity index (χ0n) is 39.0. The van der Waals surface area contributed by atoms with Gasteiger partial charge in [-0.15, -0.1) is 0 Å². The maximum absolute atomic E-state index is 2.53. The minimum Gasteiger partial charge on any atom is -0.310 e. The van der Waals surface area contributed by atoms with E-state index in [-0.39, 0.29) is 0 Å². The van der Waals surface area contributed by atoms with Crippen molar-refractivity contribution in [2.75, 3.05) is 4.90 Å². The van der Waals surface area contributed by atoms with E-state index in [2.05, 4.69) is 206 Å². The molecule has 5 saturated carbocycles. The van der Waals surface area contributed by atoms with Crippen molar-refractivity contribution in [2.45, 2.75) is 94.3 Å².